The lowest BCUT2D eigenvalue weighted by atomic mass is 10.1. The molecule has 0 radical (unpaired) electrons. The summed E-state index contributed by atoms with van der Waals surface area (Å²) < 4.78 is 19.7. The van der Waals surface area contributed by atoms with Crippen LogP contribution in [-0.4, -0.2) is 27.3 Å². The van der Waals surface area contributed by atoms with E-state index in [1.807, 2.05) is 24.3 Å². The molecule has 0 saturated carbocycles. The van der Waals surface area contributed by atoms with E-state index in [0.29, 0.717) is 28.9 Å². The lowest BCUT2D eigenvalue weighted by molar-refractivity contribution is 0.413. The zero-order valence-electron chi connectivity index (χ0n) is 14.4. The molecule has 2 aromatic carbocycles. The van der Waals surface area contributed by atoms with E-state index in [9.17, 15) is 4.39 Å². The Morgan fingerprint density at radius 3 is 2.89 bits per heavy atom. The van der Waals surface area contributed by atoms with Crippen LogP contribution in [0.3, 0.4) is 0 Å². The topological polar surface area (TPSA) is 87.5 Å². The summed E-state index contributed by atoms with van der Waals surface area (Å²) >= 11 is 0. The van der Waals surface area contributed by atoms with Gasteiger partial charge in [0.1, 0.15) is 28.3 Å². The Morgan fingerprint density at radius 2 is 2.07 bits per heavy atom. The van der Waals surface area contributed by atoms with Crippen molar-refractivity contribution < 1.29 is 9.13 Å². The van der Waals surface area contributed by atoms with Gasteiger partial charge in [0.05, 0.1) is 31.4 Å². The molecule has 2 aromatic heterocycles. The highest BCUT2D eigenvalue weighted by Gasteiger charge is 2.17. The molecule has 0 spiro atoms. The lowest BCUT2D eigenvalue weighted by Gasteiger charge is -2.08. The van der Waals surface area contributed by atoms with E-state index in [0.717, 1.165) is 11.1 Å². The Kier molecular flexibility index (Phi) is 4.22. The van der Waals surface area contributed by atoms with Crippen molar-refractivity contribution >= 4 is 11.0 Å². The summed E-state index contributed by atoms with van der Waals surface area (Å²) in [6.45, 7) is 0. The maximum absolute atomic E-state index is 14.4. The van der Waals surface area contributed by atoms with Crippen LogP contribution in [0.1, 0.15) is 5.56 Å². The standard InChI is InChI=1S/C20H14FN5O/c1-27-16-7-3-6-14(21)17(16)20-23-11-15-19(24-20)18(26-25-15)13-5-2-4-12(10-13)8-9-22/h2-7,10-11H,8H2,1H3,(H,25,26). The van der Waals surface area contributed by atoms with Gasteiger partial charge in [-0.2, -0.15) is 10.4 Å². The maximum atomic E-state index is 14.4. The first-order valence-corrected chi connectivity index (χ1v) is 8.21. The Labute approximate surface area is 154 Å². The predicted molar refractivity (Wildman–Crippen MR) is 98.4 cm³/mol. The summed E-state index contributed by atoms with van der Waals surface area (Å²) in [6.07, 6.45) is 1.88. The number of aromatic amines is 1. The molecular formula is C20H14FN5O. The van der Waals surface area contributed by atoms with Crippen molar-refractivity contribution in [1.82, 2.24) is 20.2 Å². The highest BCUT2D eigenvalue weighted by atomic mass is 19.1. The number of nitriles is 1. The van der Waals surface area contributed by atoms with Gasteiger partial charge < -0.3 is 4.74 Å². The number of aromatic nitrogens is 4. The van der Waals surface area contributed by atoms with Gasteiger partial charge in [0.15, 0.2) is 5.82 Å². The number of nitrogens with zero attached hydrogens (tertiary/aromatic N) is 4. The second-order valence-electron chi connectivity index (χ2n) is 5.88. The van der Waals surface area contributed by atoms with E-state index in [1.165, 1.54) is 13.2 Å². The van der Waals surface area contributed by atoms with Gasteiger partial charge in [-0.3, -0.25) is 5.10 Å². The number of methoxy groups -OCH3 is 1. The van der Waals surface area contributed by atoms with Gasteiger partial charge in [-0.1, -0.05) is 24.3 Å². The molecule has 2 heterocycles. The largest absolute Gasteiger partial charge is 0.496 e. The molecule has 4 aromatic rings. The minimum Gasteiger partial charge on any atom is -0.496 e. The van der Waals surface area contributed by atoms with Crippen molar-refractivity contribution in [2.24, 2.45) is 0 Å². The van der Waals surface area contributed by atoms with Gasteiger partial charge in [0.25, 0.3) is 0 Å². The smallest absolute Gasteiger partial charge is 0.166 e. The van der Waals surface area contributed by atoms with Crippen molar-refractivity contribution in [3.63, 3.8) is 0 Å². The van der Waals surface area contributed by atoms with E-state index in [2.05, 4.69) is 26.2 Å². The SMILES string of the molecule is COc1cccc(F)c1-c1ncc2[nH]nc(-c3cccc(CC#N)c3)c2n1. The second kappa shape index (κ2) is 6.84. The van der Waals surface area contributed by atoms with E-state index >= 15 is 0 Å². The Morgan fingerprint density at radius 1 is 1.22 bits per heavy atom. The molecule has 0 unspecified atom stereocenters. The van der Waals surface area contributed by atoms with E-state index < -0.39 is 5.82 Å². The molecular weight excluding hydrogens is 345 g/mol. The molecule has 0 aliphatic carbocycles. The number of hydrogen-bond donors (Lipinski definition) is 1. The fourth-order valence-corrected chi connectivity index (χ4v) is 2.95. The first kappa shape index (κ1) is 16.7. The molecule has 0 saturated heterocycles. The van der Waals surface area contributed by atoms with Gasteiger partial charge >= 0.3 is 0 Å². The van der Waals surface area contributed by atoms with Gasteiger partial charge in [0.2, 0.25) is 0 Å². The third-order valence-corrected chi connectivity index (χ3v) is 4.20. The zero-order valence-corrected chi connectivity index (χ0v) is 14.4. The van der Waals surface area contributed by atoms with Crippen molar-refractivity contribution in [3.8, 4) is 34.5 Å². The Bertz CT molecular complexity index is 1180. The van der Waals surface area contributed by atoms with Crippen LogP contribution < -0.4 is 4.74 Å². The predicted octanol–water partition coefficient (Wildman–Crippen LogP) is 3.90. The van der Waals surface area contributed by atoms with Gasteiger partial charge in [0, 0.05) is 5.56 Å². The molecule has 0 aliphatic rings. The van der Waals surface area contributed by atoms with Crippen molar-refractivity contribution in [2.45, 2.75) is 6.42 Å². The van der Waals surface area contributed by atoms with Crippen molar-refractivity contribution in [2.75, 3.05) is 7.11 Å². The van der Waals surface area contributed by atoms with Gasteiger partial charge in [-0.15, -0.1) is 0 Å². The van der Waals surface area contributed by atoms with Gasteiger partial charge in [-0.25, -0.2) is 14.4 Å². The number of nitrogens with one attached hydrogen (secondary N) is 1. The molecule has 27 heavy (non-hydrogen) atoms. The van der Waals surface area contributed by atoms with Crippen LogP contribution in [0.2, 0.25) is 0 Å². The lowest BCUT2D eigenvalue weighted by Crippen LogP contribution is -1.96. The van der Waals surface area contributed by atoms with Gasteiger partial charge in [-0.05, 0) is 23.8 Å². The molecule has 132 valence electrons. The van der Waals surface area contributed by atoms with Crippen LogP contribution in [0.15, 0.2) is 48.7 Å². The average Bonchev–Trinajstić information content (AvgIpc) is 3.11. The normalized spacial score (nSPS) is 10.7. The number of H-pyrrole nitrogens is 1. The molecule has 7 heteroatoms. The highest BCUT2D eigenvalue weighted by molar-refractivity contribution is 5.90. The molecule has 6 nitrogen and oxygen atoms in total. The fraction of sp³-hybridized carbons (Fsp3) is 0.100. The van der Waals surface area contributed by atoms with E-state index in [4.69, 9.17) is 10.00 Å². The van der Waals surface area contributed by atoms with E-state index in [1.54, 1.807) is 18.3 Å². The summed E-state index contributed by atoms with van der Waals surface area (Å²) in [4.78, 5) is 8.79. The third kappa shape index (κ3) is 2.98. The minimum atomic E-state index is -0.463. The Hall–Kier alpha value is -3.79. The number of ether oxygens (including phenoxy) is 1. The number of rotatable bonds is 4. The van der Waals surface area contributed by atoms with Crippen LogP contribution >= 0.6 is 0 Å². The van der Waals surface area contributed by atoms with Crippen molar-refractivity contribution in [1.29, 1.82) is 5.26 Å². The van der Waals surface area contributed by atoms with Crippen LogP contribution in [0.4, 0.5) is 4.39 Å². The third-order valence-electron chi connectivity index (χ3n) is 4.20. The monoisotopic (exact) mass is 359 g/mol. The molecule has 0 aliphatic heterocycles. The first-order valence-electron chi connectivity index (χ1n) is 8.21. The Balaban J connectivity index is 1.88. The average molecular weight is 359 g/mol. The summed E-state index contributed by atoms with van der Waals surface area (Å²) in [5.41, 5.74) is 3.72. The number of benzene rings is 2. The summed E-state index contributed by atoms with van der Waals surface area (Å²) in [7, 11) is 1.47. The quantitative estimate of drug-likeness (QED) is 0.597. The molecule has 0 bridgehead atoms. The summed E-state index contributed by atoms with van der Waals surface area (Å²) in [5.74, 6) is 0.110. The van der Waals surface area contributed by atoms with Crippen LogP contribution in [-0.2, 0) is 6.42 Å². The molecule has 1 N–H and O–H groups in total. The van der Waals surface area contributed by atoms with E-state index in [-0.39, 0.29) is 11.4 Å². The molecule has 0 fully saturated rings. The summed E-state index contributed by atoms with van der Waals surface area (Å²) in [6, 6.07) is 14.2. The molecule has 4 rings (SSSR count). The number of fused-ring (bicyclic) bond motifs is 1. The first-order chi connectivity index (χ1) is 13.2. The molecule has 0 amide bonds. The zero-order chi connectivity index (χ0) is 18.8. The van der Waals surface area contributed by atoms with Crippen molar-refractivity contribution in [3.05, 3.63) is 60.0 Å². The van der Waals surface area contributed by atoms with Crippen LogP contribution in [0.5, 0.6) is 5.75 Å². The number of hydrogen-bond acceptors (Lipinski definition) is 5. The highest BCUT2D eigenvalue weighted by Crippen LogP contribution is 2.32. The van der Waals surface area contributed by atoms with Crippen LogP contribution in [0.25, 0.3) is 33.7 Å². The maximum Gasteiger partial charge on any atom is 0.166 e. The molecule has 0 atom stereocenters. The summed E-state index contributed by atoms with van der Waals surface area (Å²) in [5, 5.41) is 16.1. The fourth-order valence-electron chi connectivity index (χ4n) is 2.95. The second-order valence-corrected chi connectivity index (χ2v) is 5.88. The number of halogens is 1. The van der Waals surface area contributed by atoms with Crippen LogP contribution in [0, 0.1) is 17.1 Å². The minimum absolute atomic E-state index is 0.201.